The Morgan fingerprint density at radius 2 is 1.64 bits per heavy atom. The summed E-state index contributed by atoms with van der Waals surface area (Å²) in [5, 5.41) is 4.29. The van der Waals surface area contributed by atoms with Gasteiger partial charge in [-0.1, -0.05) is 29.8 Å². The Balaban J connectivity index is 1.61. The summed E-state index contributed by atoms with van der Waals surface area (Å²) in [6.45, 7) is 1.05. The van der Waals surface area contributed by atoms with Gasteiger partial charge in [0.2, 0.25) is 15.9 Å². The monoisotopic (exact) mass is 454 g/mol. The smallest absolute Gasteiger partial charge is 0.240 e. The molecule has 0 aliphatic heterocycles. The van der Waals surface area contributed by atoms with Crippen molar-refractivity contribution in [3.05, 3.63) is 74.1 Å². The molecule has 9 heteroatoms. The molecule has 0 saturated carbocycles. The molecular weight excluding hydrogens is 436 g/mol. The highest BCUT2D eigenvalue weighted by atomic mass is 35.5. The van der Waals surface area contributed by atoms with Crippen molar-refractivity contribution in [2.75, 3.05) is 6.54 Å². The van der Waals surface area contributed by atoms with E-state index in [4.69, 9.17) is 11.6 Å². The highest BCUT2D eigenvalue weighted by Gasteiger charge is 2.18. The molecule has 5 nitrogen and oxygen atoms in total. The van der Waals surface area contributed by atoms with Gasteiger partial charge in [0.15, 0.2) is 0 Å². The Morgan fingerprint density at radius 1 is 1.00 bits per heavy atom. The zero-order valence-corrected chi connectivity index (χ0v) is 18.1. The van der Waals surface area contributed by atoms with Crippen LogP contribution in [0.15, 0.2) is 64.2 Å². The van der Waals surface area contributed by atoms with E-state index in [1.54, 1.807) is 39.7 Å². The van der Waals surface area contributed by atoms with Crippen LogP contribution in [0.4, 0.5) is 0 Å². The van der Waals surface area contributed by atoms with Crippen LogP contribution in [0.2, 0.25) is 5.02 Å². The number of hydrogen-bond donors (Lipinski definition) is 1. The first-order valence-corrected chi connectivity index (χ1v) is 12.1. The van der Waals surface area contributed by atoms with Crippen LogP contribution < -0.4 is 4.72 Å². The highest BCUT2D eigenvalue weighted by molar-refractivity contribution is 7.89. The third-order valence-corrected chi connectivity index (χ3v) is 7.36. The van der Waals surface area contributed by atoms with Crippen LogP contribution in [0, 0.1) is 0 Å². The molecule has 1 aromatic carbocycles. The largest absolute Gasteiger partial charge is 0.332 e. The maximum absolute atomic E-state index is 12.8. The fraction of sp³-hybridized carbons (Fsp3) is 0.211. The first kappa shape index (κ1) is 21.0. The van der Waals surface area contributed by atoms with E-state index >= 15 is 0 Å². The van der Waals surface area contributed by atoms with Gasteiger partial charge in [-0.25, -0.2) is 13.1 Å². The van der Waals surface area contributed by atoms with Crippen molar-refractivity contribution >= 4 is 50.2 Å². The summed E-state index contributed by atoms with van der Waals surface area (Å²) in [6.07, 6.45) is 0.0799. The second kappa shape index (κ2) is 9.67. The zero-order valence-electron chi connectivity index (χ0n) is 14.9. The number of halogens is 1. The molecule has 2 heterocycles. The van der Waals surface area contributed by atoms with Crippen molar-refractivity contribution in [2.24, 2.45) is 0 Å². The molecule has 2 aromatic heterocycles. The van der Waals surface area contributed by atoms with Gasteiger partial charge in [0.1, 0.15) is 0 Å². The first-order chi connectivity index (χ1) is 13.4. The minimum Gasteiger partial charge on any atom is -0.332 e. The van der Waals surface area contributed by atoms with E-state index in [0.717, 1.165) is 9.75 Å². The zero-order chi connectivity index (χ0) is 20.0. The van der Waals surface area contributed by atoms with Crippen molar-refractivity contribution in [3.8, 4) is 0 Å². The average Bonchev–Trinajstić information content (AvgIpc) is 3.35. The van der Waals surface area contributed by atoms with Crippen molar-refractivity contribution in [1.29, 1.82) is 0 Å². The summed E-state index contributed by atoms with van der Waals surface area (Å²) in [5.74, 6) is -0.101. The van der Waals surface area contributed by atoms with E-state index in [2.05, 4.69) is 4.72 Å². The van der Waals surface area contributed by atoms with Crippen LogP contribution in [0.1, 0.15) is 16.2 Å². The molecule has 148 valence electrons. The standard InChI is InChI=1S/C19H19ClN2O3S3/c20-15-4-1-7-18(12-15)28(24,25)21-9-8-19(23)22(13-16-5-2-10-26-16)14-17-6-3-11-27-17/h1-7,10-12,21H,8-9,13-14H2. The molecule has 1 amide bonds. The van der Waals surface area contributed by atoms with Crippen LogP contribution in [0.3, 0.4) is 0 Å². The molecule has 3 rings (SSSR count). The summed E-state index contributed by atoms with van der Waals surface area (Å²) >= 11 is 9.05. The van der Waals surface area contributed by atoms with Crippen molar-refractivity contribution in [2.45, 2.75) is 24.4 Å². The molecule has 0 spiro atoms. The molecule has 0 bridgehead atoms. The third kappa shape index (κ3) is 5.89. The Hall–Kier alpha value is -1.71. The fourth-order valence-corrected chi connectivity index (χ4v) is 5.35. The quantitative estimate of drug-likeness (QED) is 0.522. The summed E-state index contributed by atoms with van der Waals surface area (Å²) in [5.41, 5.74) is 0. The number of sulfonamides is 1. The number of nitrogens with one attached hydrogen (secondary N) is 1. The Bertz CT molecular complexity index is 967. The molecule has 1 N–H and O–H groups in total. The van der Waals surface area contributed by atoms with E-state index in [1.165, 1.54) is 12.1 Å². The maximum Gasteiger partial charge on any atom is 0.240 e. The lowest BCUT2D eigenvalue weighted by molar-refractivity contribution is -0.132. The van der Waals surface area contributed by atoms with Gasteiger partial charge in [-0.3, -0.25) is 4.79 Å². The maximum atomic E-state index is 12.8. The van der Waals surface area contributed by atoms with Crippen molar-refractivity contribution in [1.82, 2.24) is 9.62 Å². The first-order valence-electron chi connectivity index (χ1n) is 8.52. The molecule has 0 radical (unpaired) electrons. The Kier molecular flexibility index (Phi) is 7.25. The number of nitrogens with zero attached hydrogens (tertiary/aromatic N) is 1. The van der Waals surface area contributed by atoms with Crippen LogP contribution in [-0.4, -0.2) is 25.8 Å². The molecule has 0 aliphatic carbocycles. The van der Waals surface area contributed by atoms with Crippen molar-refractivity contribution in [3.63, 3.8) is 0 Å². The minimum atomic E-state index is -3.71. The second-order valence-corrected chi connectivity index (χ2v) is 10.3. The molecule has 0 fully saturated rings. The minimum absolute atomic E-state index is 0.0268. The lowest BCUT2D eigenvalue weighted by Crippen LogP contribution is -2.33. The predicted molar refractivity (Wildman–Crippen MR) is 114 cm³/mol. The number of amides is 1. The number of hydrogen-bond acceptors (Lipinski definition) is 5. The molecule has 0 atom stereocenters. The summed E-state index contributed by atoms with van der Waals surface area (Å²) < 4.78 is 27.2. The summed E-state index contributed by atoms with van der Waals surface area (Å²) in [4.78, 5) is 16.8. The Morgan fingerprint density at radius 3 is 2.18 bits per heavy atom. The number of carbonyl (C=O) groups excluding carboxylic acids is 1. The lowest BCUT2D eigenvalue weighted by atomic mass is 10.3. The van der Waals surface area contributed by atoms with E-state index in [-0.39, 0.29) is 23.8 Å². The van der Waals surface area contributed by atoms with E-state index in [0.29, 0.717) is 18.1 Å². The van der Waals surface area contributed by atoms with Gasteiger partial charge < -0.3 is 4.90 Å². The lowest BCUT2D eigenvalue weighted by Gasteiger charge is -2.21. The van der Waals surface area contributed by atoms with Gasteiger partial charge in [0.05, 0.1) is 18.0 Å². The topological polar surface area (TPSA) is 66.5 Å². The van der Waals surface area contributed by atoms with Gasteiger partial charge in [-0.2, -0.15) is 0 Å². The van der Waals surface area contributed by atoms with Gasteiger partial charge in [0.25, 0.3) is 0 Å². The molecule has 28 heavy (non-hydrogen) atoms. The van der Waals surface area contributed by atoms with Crippen LogP contribution in [0.25, 0.3) is 0 Å². The van der Waals surface area contributed by atoms with Gasteiger partial charge in [0, 0.05) is 27.7 Å². The Labute approximate surface area is 177 Å². The summed E-state index contributed by atoms with van der Waals surface area (Å²) in [6, 6.07) is 13.9. The average molecular weight is 455 g/mol. The van der Waals surface area contributed by atoms with Crippen molar-refractivity contribution < 1.29 is 13.2 Å². The number of thiophene rings is 2. The number of carbonyl (C=O) groups is 1. The van der Waals surface area contributed by atoms with E-state index in [9.17, 15) is 13.2 Å². The number of rotatable bonds is 9. The van der Waals surface area contributed by atoms with E-state index < -0.39 is 10.0 Å². The summed E-state index contributed by atoms with van der Waals surface area (Å²) in [7, 11) is -3.71. The van der Waals surface area contributed by atoms with E-state index in [1.807, 2.05) is 35.0 Å². The molecule has 0 aliphatic rings. The van der Waals surface area contributed by atoms with Crippen LogP contribution in [0.5, 0.6) is 0 Å². The third-order valence-electron chi connectivity index (χ3n) is 3.94. The molecule has 0 unspecified atom stereocenters. The van der Waals surface area contributed by atoms with Gasteiger partial charge in [-0.05, 0) is 41.1 Å². The second-order valence-electron chi connectivity index (χ2n) is 6.01. The number of benzene rings is 1. The van der Waals surface area contributed by atoms with Crippen LogP contribution in [-0.2, 0) is 27.9 Å². The molecule has 0 saturated heterocycles. The van der Waals surface area contributed by atoms with Crippen LogP contribution >= 0.6 is 34.3 Å². The van der Waals surface area contributed by atoms with Gasteiger partial charge in [-0.15, -0.1) is 22.7 Å². The fourth-order valence-electron chi connectivity index (χ4n) is 2.58. The van der Waals surface area contributed by atoms with Gasteiger partial charge >= 0.3 is 0 Å². The molecular formula is C19H19ClN2O3S3. The predicted octanol–water partition coefficient (Wildman–Crippen LogP) is 4.36. The SMILES string of the molecule is O=C(CCNS(=O)(=O)c1cccc(Cl)c1)N(Cc1cccs1)Cc1cccs1. The normalized spacial score (nSPS) is 11.5. The highest BCUT2D eigenvalue weighted by Crippen LogP contribution is 2.18. The molecule has 3 aromatic rings.